The lowest BCUT2D eigenvalue weighted by Crippen LogP contribution is -3.00. The molecule has 0 saturated heterocycles. The van der Waals surface area contributed by atoms with Crippen molar-refractivity contribution in [2.45, 2.75) is 53.6 Å². The fraction of sp³-hybridized carbons (Fsp3) is 0.324. The van der Waals surface area contributed by atoms with E-state index in [1.54, 1.807) is 6.07 Å². The van der Waals surface area contributed by atoms with Crippen molar-refractivity contribution in [1.29, 1.82) is 0 Å². The lowest BCUT2D eigenvalue weighted by molar-refractivity contribution is -0.938. The highest BCUT2D eigenvalue weighted by atomic mass is 79.9. The molecule has 0 saturated carbocycles. The predicted octanol–water partition coefficient (Wildman–Crippen LogP) is 6.95. The van der Waals surface area contributed by atoms with Crippen molar-refractivity contribution < 1.29 is 30.6 Å². The predicted molar refractivity (Wildman–Crippen MR) is 181 cm³/mol. The van der Waals surface area contributed by atoms with E-state index < -0.39 is 0 Å². The summed E-state index contributed by atoms with van der Waals surface area (Å²) >= 11 is 8.00. The SMILES string of the molecule is CC[N+](CC)(CCCCN(Cc1ccc2ccccc2c1)C(=O)c1sc2cc(F)ccc2c1Cl)Cc1cc(C)cc(C)c1.[Br-]. The van der Waals surface area contributed by atoms with Crippen LogP contribution in [0, 0.1) is 19.7 Å². The van der Waals surface area contributed by atoms with Gasteiger partial charge in [-0.25, -0.2) is 4.39 Å². The summed E-state index contributed by atoms with van der Waals surface area (Å²) < 4.78 is 15.7. The molecule has 0 spiro atoms. The van der Waals surface area contributed by atoms with Gasteiger partial charge in [0.15, 0.2) is 0 Å². The topological polar surface area (TPSA) is 20.3 Å². The van der Waals surface area contributed by atoms with Crippen LogP contribution in [0.15, 0.2) is 78.9 Å². The van der Waals surface area contributed by atoms with Crippen LogP contribution >= 0.6 is 22.9 Å². The number of halogens is 3. The summed E-state index contributed by atoms with van der Waals surface area (Å²) in [6.45, 7) is 14.2. The average Bonchev–Trinajstić information content (AvgIpc) is 3.32. The number of quaternary nitrogens is 1. The Morgan fingerprint density at radius 1 is 0.864 bits per heavy atom. The smallest absolute Gasteiger partial charge is 0.265 e. The van der Waals surface area contributed by atoms with Crippen molar-refractivity contribution in [3.05, 3.63) is 117 Å². The Morgan fingerprint density at radius 3 is 2.27 bits per heavy atom. The lowest BCUT2D eigenvalue weighted by atomic mass is 10.1. The lowest BCUT2D eigenvalue weighted by Gasteiger charge is -2.37. The van der Waals surface area contributed by atoms with Gasteiger partial charge in [0.25, 0.3) is 5.91 Å². The molecule has 0 N–H and O–H groups in total. The minimum Gasteiger partial charge on any atom is -1.00 e. The minimum absolute atomic E-state index is 0. The fourth-order valence-corrected chi connectivity index (χ4v) is 7.77. The van der Waals surface area contributed by atoms with Gasteiger partial charge in [0, 0.05) is 28.7 Å². The maximum atomic E-state index is 14.1. The van der Waals surface area contributed by atoms with E-state index in [2.05, 4.69) is 76.2 Å². The van der Waals surface area contributed by atoms with Crippen LogP contribution in [0.1, 0.15) is 58.6 Å². The highest BCUT2D eigenvalue weighted by Gasteiger charge is 2.26. The third-order valence-electron chi connectivity index (χ3n) is 8.71. The monoisotopic (exact) mass is 694 g/mol. The first-order valence-corrected chi connectivity index (χ1v) is 16.5. The van der Waals surface area contributed by atoms with E-state index in [1.807, 2.05) is 17.0 Å². The third kappa shape index (κ3) is 7.89. The number of aryl methyl sites for hydroxylation is 2. The third-order valence-corrected chi connectivity index (χ3v) is 10.4. The molecule has 4 aromatic carbocycles. The molecule has 0 aliphatic heterocycles. The molecule has 0 unspecified atom stereocenters. The Morgan fingerprint density at radius 2 is 1.57 bits per heavy atom. The second-order valence-corrected chi connectivity index (χ2v) is 13.3. The second kappa shape index (κ2) is 15.0. The van der Waals surface area contributed by atoms with Gasteiger partial charge in [-0.3, -0.25) is 4.79 Å². The van der Waals surface area contributed by atoms with E-state index in [9.17, 15) is 9.18 Å². The Bertz CT molecular complexity index is 1730. The maximum Gasteiger partial charge on any atom is 0.265 e. The van der Waals surface area contributed by atoms with Gasteiger partial charge in [-0.15, -0.1) is 11.3 Å². The summed E-state index contributed by atoms with van der Waals surface area (Å²) in [4.78, 5) is 16.5. The number of rotatable bonds is 12. The molecule has 0 aliphatic carbocycles. The van der Waals surface area contributed by atoms with Crippen molar-refractivity contribution >= 4 is 49.7 Å². The molecule has 7 heteroatoms. The van der Waals surface area contributed by atoms with Gasteiger partial charge in [-0.05, 0) is 81.1 Å². The van der Waals surface area contributed by atoms with Crippen molar-refractivity contribution in [2.75, 3.05) is 26.2 Å². The molecule has 5 aromatic rings. The molecule has 232 valence electrons. The van der Waals surface area contributed by atoms with Crippen LogP contribution in [0.2, 0.25) is 5.02 Å². The second-order valence-electron chi connectivity index (χ2n) is 11.9. The molecule has 0 fully saturated rings. The van der Waals surface area contributed by atoms with Gasteiger partial charge in [0.2, 0.25) is 0 Å². The highest BCUT2D eigenvalue weighted by molar-refractivity contribution is 7.21. The number of carbonyl (C=O) groups excluding carboxylic acids is 1. The molecule has 0 bridgehead atoms. The van der Waals surface area contributed by atoms with Crippen LogP contribution in [-0.2, 0) is 13.1 Å². The standard InChI is InChI=1S/C37H41ClFN2OS.BrH/c1-5-41(6-2,25-29-20-26(3)19-27(4)21-29)18-10-9-17-40(24-28-13-14-30-11-7-8-12-31(30)22-28)37(42)36-35(38)33-16-15-32(39)23-34(33)43-36;/h7-8,11-16,19-23H,5-6,9-10,17-18,24-25H2,1-4H3;1H/q+1;/p-1. The molecule has 0 aliphatic rings. The zero-order chi connectivity index (χ0) is 30.6. The summed E-state index contributed by atoms with van der Waals surface area (Å²) in [5.41, 5.74) is 5.10. The summed E-state index contributed by atoms with van der Waals surface area (Å²) in [6.07, 6.45) is 1.91. The Labute approximate surface area is 280 Å². The fourth-order valence-electron chi connectivity index (χ4n) is 6.27. The summed E-state index contributed by atoms with van der Waals surface area (Å²) in [5.74, 6) is -0.423. The molecule has 0 atom stereocenters. The zero-order valence-electron chi connectivity index (χ0n) is 26.0. The molecular weight excluding hydrogens is 655 g/mol. The van der Waals surface area contributed by atoms with Gasteiger partial charge in [0.1, 0.15) is 17.2 Å². The Balaban J connectivity index is 0.00000442. The van der Waals surface area contributed by atoms with Crippen LogP contribution in [0.3, 0.4) is 0 Å². The van der Waals surface area contributed by atoms with Crippen molar-refractivity contribution in [3.8, 4) is 0 Å². The first-order valence-electron chi connectivity index (χ1n) is 15.3. The number of carbonyl (C=O) groups is 1. The van der Waals surface area contributed by atoms with E-state index in [4.69, 9.17) is 11.6 Å². The van der Waals surface area contributed by atoms with Crippen LogP contribution < -0.4 is 17.0 Å². The van der Waals surface area contributed by atoms with Crippen molar-refractivity contribution in [2.24, 2.45) is 0 Å². The van der Waals surface area contributed by atoms with E-state index in [0.29, 0.717) is 27.7 Å². The van der Waals surface area contributed by atoms with Gasteiger partial charge in [-0.2, -0.15) is 0 Å². The highest BCUT2D eigenvalue weighted by Crippen LogP contribution is 2.37. The Kier molecular flexibility index (Phi) is 11.6. The van der Waals surface area contributed by atoms with Crippen LogP contribution in [0.5, 0.6) is 0 Å². The van der Waals surface area contributed by atoms with E-state index in [-0.39, 0.29) is 28.7 Å². The number of hydrogen-bond acceptors (Lipinski definition) is 2. The number of nitrogens with zero attached hydrogens (tertiary/aromatic N) is 2. The zero-order valence-corrected chi connectivity index (χ0v) is 29.2. The molecule has 3 nitrogen and oxygen atoms in total. The quantitative estimate of drug-likeness (QED) is 0.102. The van der Waals surface area contributed by atoms with Crippen LogP contribution in [-0.4, -0.2) is 41.5 Å². The summed E-state index contributed by atoms with van der Waals surface area (Å²) in [7, 11) is 0. The molecule has 0 radical (unpaired) electrons. The number of unbranched alkanes of at least 4 members (excludes halogenated alkanes) is 1. The van der Waals surface area contributed by atoms with E-state index in [1.165, 1.54) is 45.5 Å². The summed E-state index contributed by atoms with van der Waals surface area (Å²) in [5, 5.41) is 3.47. The van der Waals surface area contributed by atoms with E-state index in [0.717, 1.165) is 59.8 Å². The number of hydrogen-bond donors (Lipinski definition) is 0. The molecule has 1 amide bonds. The van der Waals surface area contributed by atoms with Gasteiger partial charge < -0.3 is 26.4 Å². The molecule has 1 aromatic heterocycles. The normalized spacial score (nSPS) is 11.6. The van der Waals surface area contributed by atoms with Gasteiger partial charge in [-0.1, -0.05) is 77.3 Å². The van der Waals surface area contributed by atoms with Gasteiger partial charge >= 0.3 is 0 Å². The molecule has 1 heterocycles. The number of benzene rings is 4. The average molecular weight is 696 g/mol. The molecule has 5 rings (SSSR count). The number of fused-ring (bicyclic) bond motifs is 2. The van der Waals surface area contributed by atoms with Crippen molar-refractivity contribution in [1.82, 2.24) is 4.90 Å². The van der Waals surface area contributed by atoms with Crippen LogP contribution in [0.4, 0.5) is 4.39 Å². The Hall–Kier alpha value is -2.77. The van der Waals surface area contributed by atoms with E-state index >= 15 is 0 Å². The largest absolute Gasteiger partial charge is 1.00 e. The first-order chi connectivity index (χ1) is 20.7. The minimum atomic E-state index is -0.327. The number of amides is 1. The molecular formula is C37H41BrClFN2OS. The van der Waals surface area contributed by atoms with Crippen LogP contribution in [0.25, 0.3) is 20.9 Å². The maximum absolute atomic E-state index is 14.1. The summed E-state index contributed by atoms with van der Waals surface area (Å²) in [6, 6.07) is 26.0. The molecule has 44 heavy (non-hydrogen) atoms. The van der Waals surface area contributed by atoms with Crippen molar-refractivity contribution in [3.63, 3.8) is 0 Å². The first kappa shape index (κ1) is 34.1. The number of thiophene rings is 1. The van der Waals surface area contributed by atoms with Gasteiger partial charge in [0.05, 0.1) is 24.7 Å².